The van der Waals surface area contributed by atoms with E-state index in [2.05, 4.69) is 4.72 Å². The molecule has 0 saturated heterocycles. The number of hydrogen-bond acceptors (Lipinski definition) is 4. The van der Waals surface area contributed by atoms with E-state index in [4.69, 9.17) is 10.5 Å². The van der Waals surface area contributed by atoms with Crippen LogP contribution < -0.4 is 10.5 Å². The van der Waals surface area contributed by atoms with Gasteiger partial charge in [0.05, 0.1) is 18.0 Å². The summed E-state index contributed by atoms with van der Waals surface area (Å²) in [4.78, 5) is 0. The molecule has 5 nitrogen and oxygen atoms in total. The quantitative estimate of drug-likeness (QED) is 0.792. The summed E-state index contributed by atoms with van der Waals surface area (Å²) < 4.78 is 30.7. The molecule has 0 fully saturated rings. The molecule has 96 valence electrons. The lowest BCUT2D eigenvalue weighted by Crippen LogP contribution is -2.20. The molecule has 1 rings (SSSR count). The van der Waals surface area contributed by atoms with E-state index in [-0.39, 0.29) is 12.4 Å². The highest BCUT2D eigenvalue weighted by Gasteiger charge is 2.11. The molecule has 6 heteroatoms. The number of methoxy groups -OCH3 is 1. The zero-order chi connectivity index (χ0) is 12.9. The standard InChI is InChI=1S/C11H18N2O3S/c1-9-3-4-10(8-12)7-11(9)13-17(14,15)6-5-16-2/h3-4,7,13H,5-6,8,12H2,1-2H3. The van der Waals surface area contributed by atoms with Crippen LogP contribution in [-0.2, 0) is 21.3 Å². The van der Waals surface area contributed by atoms with Gasteiger partial charge in [0.25, 0.3) is 0 Å². The Morgan fingerprint density at radius 2 is 2.12 bits per heavy atom. The van der Waals surface area contributed by atoms with Crippen molar-refractivity contribution in [2.45, 2.75) is 13.5 Å². The fraction of sp³-hybridized carbons (Fsp3) is 0.455. The van der Waals surface area contributed by atoms with E-state index < -0.39 is 10.0 Å². The number of rotatable bonds is 6. The van der Waals surface area contributed by atoms with E-state index in [0.29, 0.717) is 12.2 Å². The molecule has 1 aromatic carbocycles. The van der Waals surface area contributed by atoms with Gasteiger partial charge in [-0.25, -0.2) is 8.42 Å². The van der Waals surface area contributed by atoms with Crippen LogP contribution in [0.1, 0.15) is 11.1 Å². The van der Waals surface area contributed by atoms with Crippen LogP contribution in [0.15, 0.2) is 18.2 Å². The first-order valence-corrected chi connectivity index (χ1v) is 6.93. The first-order chi connectivity index (χ1) is 7.98. The van der Waals surface area contributed by atoms with Crippen molar-refractivity contribution in [2.75, 3.05) is 24.2 Å². The molecular weight excluding hydrogens is 240 g/mol. The van der Waals surface area contributed by atoms with Crippen LogP contribution >= 0.6 is 0 Å². The number of nitrogens with one attached hydrogen (secondary N) is 1. The Morgan fingerprint density at radius 3 is 2.71 bits per heavy atom. The maximum absolute atomic E-state index is 11.7. The Bertz CT molecular complexity index is 472. The summed E-state index contributed by atoms with van der Waals surface area (Å²) in [6.45, 7) is 2.40. The van der Waals surface area contributed by atoms with Crippen LogP contribution in [0.25, 0.3) is 0 Å². The van der Waals surface area contributed by atoms with Gasteiger partial charge in [-0.15, -0.1) is 0 Å². The fourth-order valence-corrected chi connectivity index (χ4v) is 2.36. The Morgan fingerprint density at radius 1 is 1.41 bits per heavy atom. The van der Waals surface area contributed by atoms with Crippen molar-refractivity contribution in [3.05, 3.63) is 29.3 Å². The lowest BCUT2D eigenvalue weighted by Gasteiger charge is -2.11. The molecule has 0 bridgehead atoms. The molecule has 0 saturated carbocycles. The first kappa shape index (κ1) is 14.0. The SMILES string of the molecule is COCCS(=O)(=O)Nc1cc(CN)ccc1C. The second-order valence-corrected chi connectivity index (χ2v) is 5.61. The lowest BCUT2D eigenvalue weighted by molar-refractivity contribution is 0.217. The van der Waals surface area contributed by atoms with Crippen molar-refractivity contribution in [1.29, 1.82) is 0 Å². The van der Waals surface area contributed by atoms with Gasteiger partial charge in [0.2, 0.25) is 10.0 Å². The Hall–Kier alpha value is -1.11. The van der Waals surface area contributed by atoms with Gasteiger partial charge in [0, 0.05) is 13.7 Å². The molecule has 17 heavy (non-hydrogen) atoms. The summed E-state index contributed by atoms with van der Waals surface area (Å²) in [5.74, 6) is -0.0597. The zero-order valence-corrected chi connectivity index (χ0v) is 10.9. The summed E-state index contributed by atoms with van der Waals surface area (Å²) >= 11 is 0. The number of ether oxygens (including phenoxy) is 1. The third kappa shape index (κ3) is 4.33. The molecule has 0 heterocycles. The molecule has 0 aromatic heterocycles. The third-order valence-electron chi connectivity index (χ3n) is 2.36. The first-order valence-electron chi connectivity index (χ1n) is 5.27. The topological polar surface area (TPSA) is 81.4 Å². The molecule has 0 spiro atoms. The number of anilines is 1. The molecule has 0 aliphatic rings. The van der Waals surface area contributed by atoms with Crippen molar-refractivity contribution in [1.82, 2.24) is 0 Å². The van der Waals surface area contributed by atoms with Gasteiger partial charge >= 0.3 is 0 Å². The normalized spacial score (nSPS) is 11.5. The van der Waals surface area contributed by atoms with E-state index >= 15 is 0 Å². The van der Waals surface area contributed by atoms with E-state index in [1.165, 1.54) is 7.11 Å². The third-order valence-corrected chi connectivity index (χ3v) is 3.59. The van der Waals surface area contributed by atoms with Crippen LogP contribution in [0, 0.1) is 6.92 Å². The van der Waals surface area contributed by atoms with Crippen LogP contribution in [0.2, 0.25) is 0 Å². The Kier molecular flexibility index (Phi) is 4.92. The maximum Gasteiger partial charge on any atom is 0.235 e. The minimum Gasteiger partial charge on any atom is -0.384 e. The van der Waals surface area contributed by atoms with Crippen molar-refractivity contribution >= 4 is 15.7 Å². The predicted octanol–water partition coefficient (Wildman–Crippen LogP) is 0.842. The zero-order valence-electron chi connectivity index (χ0n) is 10.1. The second kappa shape index (κ2) is 6.00. The van der Waals surface area contributed by atoms with E-state index in [9.17, 15) is 8.42 Å². The molecule has 0 atom stereocenters. The minimum absolute atomic E-state index is 0.0597. The fourth-order valence-electron chi connectivity index (χ4n) is 1.32. The van der Waals surface area contributed by atoms with Crippen molar-refractivity contribution in [3.8, 4) is 0 Å². The van der Waals surface area contributed by atoms with Gasteiger partial charge in [-0.2, -0.15) is 0 Å². The summed E-state index contributed by atoms with van der Waals surface area (Å²) in [7, 11) is -1.89. The number of aryl methyl sites for hydroxylation is 1. The molecule has 0 amide bonds. The van der Waals surface area contributed by atoms with Gasteiger partial charge in [0.1, 0.15) is 0 Å². The molecule has 0 unspecified atom stereocenters. The van der Waals surface area contributed by atoms with Gasteiger partial charge in [-0.05, 0) is 24.1 Å². The largest absolute Gasteiger partial charge is 0.384 e. The van der Waals surface area contributed by atoms with E-state index in [1.54, 1.807) is 6.07 Å². The van der Waals surface area contributed by atoms with Gasteiger partial charge in [-0.3, -0.25) is 4.72 Å². The Labute approximate surface area is 102 Å². The molecule has 0 aliphatic carbocycles. The minimum atomic E-state index is -3.36. The number of nitrogens with two attached hydrogens (primary N) is 1. The number of benzene rings is 1. The summed E-state index contributed by atoms with van der Waals surface area (Å²) in [5.41, 5.74) is 7.84. The smallest absolute Gasteiger partial charge is 0.235 e. The molecule has 1 aromatic rings. The van der Waals surface area contributed by atoms with Crippen molar-refractivity contribution in [2.24, 2.45) is 5.73 Å². The van der Waals surface area contributed by atoms with Gasteiger partial charge < -0.3 is 10.5 Å². The summed E-state index contributed by atoms with van der Waals surface area (Å²) in [5, 5.41) is 0. The second-order valence-electron chi connectivity index (χ2n) is 3.77. The van der Waals surface area contributed by atoms with Crippen molar-refractivity contribution < 1.29 is 13.2 Å². The van der Waals surface area contributed by atoms with Crippen molar-refractivity contribution in [3.63, 3.8) is 0 Å². The monoisotopic (exact) mass is 258 g/mol. The highest BCUT2D eigenvalue weighted by molar-refractivity contribution is 7.92. The van der Waals surface area contributed by atoms with E-state index in [0.717, 1.165) is 11.1 Å². The Balaban J connectivity index is 2.87. The average Bonchev–Trinajstić information content (AvgIpc) is 2.29. The van der Waals surface area contributed by atoms with Crippen LogP contribution in [0.5, 0.6) is 0 Å². The molecule has 0 radical (unpaired) electrons. The maximum atomic E-state index is 11.7. The van der Waals surface area contributed by atoms with E-state index in [1.807, 2.05) is 19.1 Å². The molecule has 0 aliphatic heterocycles. The highest BCUT2D eigenvalue weighted by atomic mass is 32.2. The summed E-state index contributed by atoms with van der Waals surface area (Å²) in [6.07, 6.45) is 0. The number of sulfonamides is 1. The average molecular weight is 258 g/mol. The van der Waals surface area contributed by atoms with Gasteiger partial charge in [-0.1, -0.05) is 12.1 Å². The number of hydrogen-bond donors (Lipinski definition) is 2. The van der Waals surface area contributed by atoms with Gasteiger partial charge in [0.15, 0.2) is 0 Å². The van der Waals surface area contributed by atoms with Crippen LogP contribution in [0.4, 0.5) is 5.69 Å². The highest BCUT2D eigenvalue weighted by Crippen LogP contribution is 2.18. The van der Waals surface area contributed by atoms with Crippen LogP contribution in [-0.4, -0.2) is 27.9 Å². The molecular formula is C11H18N2O3S. The lowest BCUT2D eigenvalue weighted by atomic mass is 10.1. The summed E-state index contributed by atoms with van der Waals surface area (Å²) in [6, 6.07) is 5.47. The molecule has 3 N–H and O–H groups in total. The predicted molar refractivity (Wildman–Crippen MR) is 68.4 cm³/mol. The van der Waals surface area contributed by atoms with Crippen LogP contribution in [0.3, 0.4) is 0 Å².